The van der Waals surface area contributed by atoms with Gasteiger partial charge in [-0.2, -0.15) is 8.78 Å². The van der Waals surface area contributed by atoms with Crippen LogP contribution in [0.5, 0.6) is 0 Å². The van der Waals surface area contributed by atoms with E-state index >= 15 is 0 Å². The van der Waals surface area contributed by atoms with Gasteiger partial charge in [0.1, 0.15) is 0 Å². The first-order chi connectivity index (χ1) is 12.8. The maximum atomic E-state index is 14.5. The van der Waals surface area contributed by atoms with Crippen LogP contribution in [0.3, 0.4) is 0 Å². The first-order valence-corrected chi connectivity index (χ1v) is 9.90. The number of allylic oxidation sites excluding steroid dienone is 3. The zero-order valence-corrected chi connectivity index (χ0v) is 16.0. The van der Waals surface area contributed by atoms with Crippen LogP contribution in [0.25, 0.3) is 0 Å². The molecule has 7 heteroatoms. The third kappa shape index (κ3) is 4.18. The Labute approximate surface area is 159 Å². The molecule has 0 saturated carbocycles. The van der Waals surface area contributed by atoms with Crippen molar-refractivity contribution in [2.24, 2.45) is 5.92 Å². The van der Waals surface area contributed by atoms with E-state index in [9.17, 15) is 17.8 Å². The zero-order valence-electron chi connectivity index (χ0n) is 15.2. The molecular formula is C20H21F2NO3S. The molecule has 2 aliphatic heterocycles. The average Bonchev–Trinajstić information content (AvgIpc) is 2.79. The van der Waals surface area contributed by atoms with Gasteiger partial charge < -0.3 is 9.64 Å². The van der Waals surface area contributed by atoms with Gasteiger partial charge in [0.2, 0.25) is 0 Å². The lowest BCUT2D eigenvalue weighted by Crippen LogP contribution is -2.36. The summed E-state index contributed by atoms with van der Waals surface area (Å²) in [6, 6.07) is 7.19. The highest BCUT2D eigenvalue weighted by Crippen LogP contribution is 2.38. The minimum absolute atomic E-state index is 0.0326. The van der Waals surface area contributed by atoms with Crippen LogP contribution in [0.2, 0.25) is 0 Å². The van der Waals surface area contributed by atoms with Crippen molar-refractivity contribution in [1.82, 2.24) is 4.90 Å². The molecule has 0 aliphatic carbocycles. The van der Waals surface area contributed by atoms with E-state index in [4.69, 9.17) is 4.74 Å². The number of aryl methyl sites for hydroxylation is 1. The fourth-order valence-electron chi connectivity index (χ4n) is 3.13. The van der Waals surface area contributed by atoms with Crippen molar-refractivity contribution in [1.29, 1.82) is 0 Å². The van der Waals surface area contributed by atoms with Gasteiger partial charge in [-0.1, -0.05) is 29.8 Å². The molecule has 0 spiro atoms. The number of halogens is 2. The normalized spacial score (nSPS) is 22.2. The Bertz CT molecular complexity index is 843. The average molecular weight is 393 g/mol. The van der Waals surface area contributed by atoms with Crippen LogP contribution < -0.4 is 0 Å². The summed E-state index contributed by atoms with van der Waals surface area (Å²) in [6.07, 6.45) is 5.45. The maximum absolute atomic E-state index is 14.5. The molecule has 27 heavy (non-hydrogen) atoms. The van der Waals surface area contributed by atoms with Crippen molar-refractivity contribution in [3.63, 3.8) is 0 Å². The van der Waals surface area contributed by atoms with Crippen molar-refractivity contribution in [3.05, 3.63) is 65.5 Å². The number of nitrogens with zero attached hydrogens (tertiary/aromatic N) is 1. The number of benzene rings is 1. The van der Waals surface area contributed by atoms with Crippen LogP contribution in [-0.2, 0) is 20.3 Å². The SMILES string of the molecule is COC(=O)C1=CN2CC=CCC(F)(F)C2=C[C@@H]1CS(=O)c1ccc(C)cc1. The molecule has 3 rings (SSSR count). The lowest BCUT2D eigenvalue weighted by atomic mass is 9.94. The molecule has 1 aromatic carbocycles. The maximum Gasteiger partial charge on any atom is 0.335 e. The van der Waals surface area contributed by atoms with Gasteiger partial charge in [0, 0.05) is 35.7 Å². The number of rotatable bonds is 4. The third-order valence-corrected chi connectivity index (χ3v) is 6.08. The molecule has 0 saturated heterocycles. The molecule has 0 bridgehead atoms. The van der Waals surface area contributed by atoms with Gasteiger partial charge in [0.25, 0.3) is 5.92 Å². The number of alkyl halides is 2. The van der Waals surface area contributed by atoms with E-state index in [-0.39, 0.29) is 23.6 Å². The molecule has 0 amide bonds. The van der Waals surface area contributed by atoms with E-state index in [0.717, 1.165) is 5.56 Å². The van der Waals surface area contributed by atoms with Crippen LogP contribution in [0, 0.1) is 12.8 Å². The molecule has 0 fully saturated rings. The minimum Gasteiger partial charge on any atom is -0.466 e. The molecule has 0 N–H and O–H groups in total. The van der Waals surface area contributed by atoms with Gasteiger partial charge in [0.05, 0.1) is 29.2 Å². The van der Waals surface area contributed by atoms with E-state index in [1.807, 2.05) is 19.1 Å². The van der Waals surface area contributed by atoms with Crippen molar-refractivity contribution in [3.8, 4) is 0 Å². The highest BCUT2D eigenvalue weighted by Gasteiger charge is 2.41. The molecular weight excluding hydrogens is 372 g/mol. The summed E-state index contributed by atoms with van der Waals surface area (Å²) in [5.41, 5.74) is 1.10. The standard InChI is InChI=1S/C20H21F2NO3S/c1-14-5-7-16(8-6-14)27(25)13-15-11-18-20(21,22)9-3-4-10-23(18)12-17(15)19(24)26-2/h3-8,11-12,15H,9-10,13H2,1-2H3/t15-,27?/m1/s1. The fourth-order valence-corrected chi connectivity index (χ4v) is 4.36. The van der Waals surface area contributed by atoms with E-state index in [2.05, 4.69) is 0 Å². The second kappa shape index (κ2) is 7.76. The molecule has 1 aromatic rings. The van der Waals surface area contributed by atoms with Crippen molar-refractivity contribution >= 4 is 16.8 Å². The Morgan fingerprint density at radius 3 is 2.67 bits per heavy atom. The van der Waals surface area contributed by atoms with E-state index in [1.165, 1.54) is 30.4 Å². The van der Waals surface area contributed by atoms with Gasteiger partial charge in [-0.25, -0.2) is 4.79 Å². The van der Waals surface area contributed by atoms with Gasteiger partial charge in [-0.15, -0.1) is 0 Å². The smallest absolute Gasteiger partial charge is 0.335 e. The molecule has 2 heterocycles. The van der Waals surface area contributed by atoms with Crippen LogP contribution in [-0.4, -0.2) is 40.4 Å². The summed E-state index contributed by atoms with van der Waals surface area (Å²) in [7, 11) is -0.199. The third-order valence-electron chi connectivity index (χ3n) is 4.62. The molecule has 0 aromatic heterocycles. The predicted molar refractivity (Wildman–Crippen MR) is 99.5 cm³/mol. The molecule has 4 nitrogen and oxygen atoms in total. The van der Waals surface area contributed by atoms with Gasteiger partial charge in [-0.05, 0) is 25.1 Å². The zero-order chi connectivity index (χ0) is 19.6. The van der Waals surface area contributed by atoms with Gasteiger partial charge in [0.15, 0.2) is 0 Å². The molecule has 144 valence electrons. The summed E-state index contributed by atoms with van der Waals surface area (Å²) in [5.74, 6) is -4.33. The van der Waals surface area contributed by atoms with Crippen molar-refractivity contribution in [2.75, 3.05) is 19.4 Å². The Morgan fingerprint density at radius 2 is 2.00 bits per heavy atom. The Balaban J connectivity index is 1.93. The molecule has 2 atom stereocenters. The van der Waals surface area contributed by atoms with Crippen LogP contribution >= 0.6 is 0 Å². The summed E-state index contributed by atoms with van der Waals surface area (Å²) in [4.78, 5) is 14.2. The quantitative estimate of drug-likeness (QED) is 0.580. The van der Waals surface area contributed by atoms with Gasteiger partial charge in [-0.3, -0.25) is 4.21 Å². The van der Waals surface area contributed by atoms with Crippen LogP contribution in [0.4, 0.5) is 8.78 Å². The monoisotopic (exact) mass is 393 g/mol. The number of esters is 1. The van der Waals surface area contributed by atoms with Crippen LogP contribution in [0.1, 0.15) is 12.0 Å². The largest absolute Gasteiger partial charge is 0.466 e. The number of hydrogen-bond donors (Lipinski definition) is 0. The number of ether oxygens (including phenoxy) is 1. The Hall–Kier alpha value is -2.28. The molecule has 0 radical (unpaired) electrons. The number of hydrogen-bond acceptors (Lipinski definition) is 4. The topological polar surface area (TPSA) is 46.6 Å². The predicted octanol–water partition coefficient (Wildman–Crippen LogP) is 3.57. The van der Waals surface area contributed by atoms with E-state index < -0.39 is 35.0 Å². The summed E-state index contributed by atoms with van der Waals surface area (Å²) in [5, 5.41) is 0. The number of methoxy groups -OCH3 is 1. The second-order valence-corrected chi connectivity index (χ2v) is 8.09. The van der Waals surface area contributed by atoms with Gasteiger partial charge >= 0.3 is 5.97 Å². The lowest BCUT2D eigenvalue weighted by molar-refractivity contribution is -0.136. The van der Waals surface area contributed by atoms with Crippen molar-refractivity contribution < 1.29 is 22.5 Å². The summed E-state index contributed by atoms with van der Waals surface area (Å²) < 4.78 is 46.6. The highest BCUT2D eigenvalue weighted by molar-refractivity contribution is 7.85. The number of carbonyl (C=O) groups excluding carboxylic acids is 1. The molecule has 2 aliphatic rings. The van der Waals surface area contributed by atoms with E-state index in [0.29, 0.717) is 4.90 Å². The first-order valence-electron chi connectivity index (χ1n) is 8.58. The number of carbonyl (C=O) groups is 1. The Kier molecular flexibility index (Phi) is 5.60. The summed E-state index contributed by atoms with van der Waals surface area (Å²) in [6.45, 7) is 2.17. The lowest BCUT2D eigenvalue weighted by Gasteiger charge is -2.33. The highest BCUT2D eigenvalue weighted by atomic mass is 32.2. The molecule has 1 unspecified atom stereocenters. The second-order valence-electron chi connectivity index (χ2n) is 6.59. The summed E-state index contributed by atoms with van der Waals surface area (Å²) >= 11 is 0. The van der Waals surface area contributed by atoms with Crippen molar-refractivity contribution in [2.45, 2.75) is 24.2 Å². The van der Waals surface area contributed by atoms with E-state index in [1.54, 1.807) is 18.2 Å². The fraction of sp³-hybridized carbons (Fsp3) is 0.350. The first kappa shape index (κ1) is 19.5. The Morgan fingerprint density at radius 1 is 1.30 bits per heavy atom. The number of fused-ring (bicyclic) bond motifs is 1. The van der Waals surface area contributed by atoms with Crippen LogP contribution in [0.15, 0.2) is 64.9 Å². The minimum atomic E-state index is -3.05.